The van der Waals surface area contributed by atoms with Gasteiger partial charge in [-0.15, -0.1) is 0 Å². The maximum absolute atomic E-state index is 13.7. The molecule has 174 valence electrons. The number of H-pyrrole nitrogens is 1. The van der Waals surface area contributed by atoms with Gasteiger partial charge in [0.1, 0.15) is 12.6 Å². The summed E-state index contributed by atoms with van der Waals surface area (Å²) in [4.78, 5) is 49.0. The highest BCUT2D eigenvalue weighted by Crippen LogP contribution is 2.43. The van der Waals surface area contributed by atoms with E-state index in [1.54, 1.807) is 34.3 Å². The molecule has 0 bridgehead atoms. The van der Waals surface area contributed by atoms with E-state index < -0.39 is 17.0 Å². The standard InChI is InChI=1S/C26H21N5O4/c32-23-15-29(14-16-8-10-27-11-9-16)26(33)22-13-20-19-6-1-2-7-21(19)28-24(20)25(30(22)23)17-4-3-5-18(12-17)31(34)35/h1-12,22,25,28H,13-15H2/t22-,25?/m0/s1. The Morgan fingerprint density at radius 1 is 1.06 bits per heavy atom. The van der Waals surface area contributed by atoms with Crippen LogP contribution in [0.3, 0.4) is 0 Å². The molecule has 0 saturated carbocycles. The van der Waals surface area contributed by atoms with Crippen molar-refractivity contribution < 1.29 is 14.5 Å². The molecule has 9 nitrogen and oxygen atoms in total. The molecule has 1 saturated heterocycles. The fourth-order valence-electron chi connectivity index (χ4n) is 5.32. The number of carbonyl (C=O) groups is 2. The second-order valence-electron chi connectivity index (χ2n) is 8.89. The van der Waals surface area contributed by atoms with Gasteiger partial charge < -0.3 is 14.8 Å². The molecule has 35 heavy (non-hydrogen) atoms. The molecule has 1 N–H and O–H groups in total. The van der Waals surface area contributed by atoms with Crippen LogP contribution in [-0.2, 0) is 22.6 Å². The predicted octanol–water partition coefficient (Wildman–Crippen LogP) is 3.36. The average Bonchev–Trinajstić information content (AvgIpc) is 3.25. The average molecular weight is 467 g/mol. The lowest BCUT2D eigenvalue weighted by Gasteiger charge is -2.47. The molecule has 2 aliphatic heterocycles. The molecule has 2 atom stereocenters. The van der Waals surface area contributed by atoms with Crippen LogP contribution in [0, 0.1) is 10.1 Å². The Balaban J connectivity index is 1.48. The molecular weight excluding hydrogens is 446 g/mol. The van der Waals surface area contributed by atoms with Gasteiger partial charge in [0, 0.05) is 54.1 Å². The number of carbonyl (C=O) groups excluding carboxylic acids is 2. The van der Waals surface area contributed by atoms with Crippen molar-refractivity contribution in [3.63, 3.8) is 0 Å². The van der Waals surface area contributed by atoms with Crippen LogP contribution in [0.2, 0.25) is 0 Å². The number of rotatable bonds is 4. The minimum Gasteiger partial charge on any atom is -0.356 e. The van der Waals surface area contributed by atoms with Gasteiger partial charge in [0.15, 0.2) is 0 Å². The number of piperazine rings is 1. The van der Waals surface area contributed by atoms with Crippen molar-refractivity contribution in [2.24, 2.45) is 0 Å². The first-order valence-electron chi connectivity index (χ1n) is 11.3. The van der Waals surface area contributed by atoms with E-state index in [1.165, 1.54) is 12.1 Å². The fraction of sp³-hybridized carbons (Fsp3) is 0.192. The van der Waals surface area contributed by atoms with Crippen molar-refractivity contribution in [3.8, 4) is 0 Å². The number of para-hydroxylation sites is 1. The minimum absolute atomic E-state index is 0.0569. The third-order valence-corrected chi connectivity index (χ3v) is 6.86. The van der Waals surface area contributed by atoms with Gasteiger partial charge in [-0.2, -0.15) is 0 Å². The number of aromatic nitrogens is 2. The fourth-order valence-corrected chi connectivity index (χ4v) is 5.32. The van der Waals surface area contributed by atoms with Crippen molar-refractivity contribution >= 4 is 28.4 Å². The smallest absolute Gasteiger partial charge is 0.269 e. The van der Waals surface area contributed by atoms with E-state index in [4.69, 9.17) is 0 Å². The Labute approximate surface area is 200 Å². The Bertz CT molecular complexity index is 1480. The molecule has 0 aliphatic carbocycles. The topological polar surface area (TPSA) is 112 Å². The third kappa shape index (κ3) is 3.43. The summed E-state index contributed by atoms with van der Waals surface area (Å²) in [5.74, 6) is -0.322. The van der Waals surface area contributed by atoms with E-state index in [1.807, 2.05) is 36.4 Å². The Morgan fingerprint density at radius 2 is 1.86 bits per heavy atom. The van der Waals surface area contributed by atoms with Crippen molar-refractivity contribution in [3.05, 3.63) is 106 Å². The quantitative estimate of drug-likeness (QED) is 0.365. The number of nitro groups is 1. The van der Waals surface area contributed by atoms with Crippen LogP contribution in [0.4, 0.5) is 5.69 Å². The summed E-state index contributed by atoms with van der Waals surface area (Å²) < 4.78 is 0. The van der Waals surface area contributed by atoms with E-state index in [9.17, 15) is 19.7 Å². The number of fused-ring (bicyclic) bond motifs is 4. The first-order valence-corrected chi connectivity index (χ1v) is 11.3. The lowest BCUT2D eigenvalue weighted by molar-refractivity contribution is -0.384. The summed E-state index contributed by atoms with van der Waals surface area (Å²) in [6.45, 7) is 0.262. The number of nitrogens with one attached hydrogen (secondary N) is 1. The SMILES string of the molecule is O=C1[C@@H]2Cc3c([nH]c4ccccc34)C(c3cccc([N+](=O)[O-])c3)N2C(=O)CN1Cc1ccncc1. The van der Waals surface area contributed by atoms with Crippen LogP contribution in [0.1, 0.15) is 28.4 Å². The van der Waals surface area contributed by atoms with Gasteiger partial charge >= 0.3 is 0 Å². The van der Waals surface area contributed by atoms with E-state index in [-0.39, 0.29) is 24.0 Å². The van der Waals surface area contributed by atoms with E-state index in [2.05, 4.69) is 9.97 Å². The molecule has 1 fully saturated rings. The highest BCUT2D eigenvalue weighted by molar-refractivity contribution is 5.97. The van der Waals surface area contributed by atoms with E-state index in [0.717, 1.165) is 27.7 Å². The van der Waals surface area contributed by atoms with Gasteiger partial charge in [-0.25, -0.2) is 0 Å². The molecule has 2 aliphatic rings. The van der Waals surface area contributed by atoms with Gasteiger partial charge in [0.25, 0.3) is 5.69 Å². The zero-order chi connectivity index (χ0) is 24.1. The van der Waals surface area contributed by atoms with Gasteiger partial charge in [0.05, 0.1) is 11.0 Å². The van der Waals surface area contributed by atoms with Crippen LogP contribution in [0.25, 0.3) is 10.9 Å². The number of hydrogen-bond donors (Lipinski definition) is 1. The largest absolute Gasteiger partial charge is 0.356 e. The van der Waals surface area contributed by atoms with Crippen LogP contribution in [0.5, 0.6) is 0 Å². The zero-order valence-electron chi connectivity index (χ0n) is 18.6. The summed E-state index contributed by atoms with van der Waals surface area (Å²) in [7, 11) is 0. The van der Waals surface area contributed by atoms with Crippen LogP contribution < -0.4 is 0 Å². The number of aromatic amines is 1. The second kappa shape index (κ2) is 8.05. The van der Waals surface area contributed by atoms with Crippen molar-refractivity contribution in [2.45, 2.75) is 25.0 Å². The number of pyridine rings is 1. The van der Waals surface area contributed by atoms with Gasteiger partial charge in [-0.3, -0.25) is 24.7 Å². The molecule has 6 rings (SSSR count). The molecule has 0 spiro atoms. The van der Waals surface area contributed by atoms with Gasteiger partial charge in [-0.1, -0.05) is 30.3 Å². The Hall–Kier alpha value is -4.53. The molecule has 2 aromatic carbocycles. The summed E-state index contributed by atoms with van der Waals surface area (Å²) in [6, 6.07) is 16.4. The monoisotopic (exact) mass is 467 g/mol. The molecular formula is C26H21N5O4. The molecule has 2 amide bonds. The van der Waals surface area contributed by atoms with Crippen LogP contribution >= 0.6 is 0 Å². The summed E-state index contributed by atoms with van der Waals surface area (Å²) >= 11 is 0. The first-order chi connectivity index (χ1) is 17.0. The van der Waals surface area contributed by atoms with E-state index >= 15 is 0 Å². The lowest BCUT2D eigenvalue weighted by Crippen LogP contribution is -2.62. The molecule has 2 aromatic heterocycles. The maximum atomic E-state index is 13.7. The van der Waals surface area contributed by atoms with Crippen molar-refractivity contribution in [2.75, 3.05) is 6.54 Å². The highest BCUT2D eigenvalue weighted by Gasteiger charge is 2.48. The zero-order valence-corrected chi connectivity index (χ0v) is 18.6. The summed E-state index contributed by atoms with van der Waals surface area (Å²) in [5.41, 5.74) is 4.10. The third-order valence-electron chi connectivity index (χ3n) is 6.86. The first kappa shape index (κ1) is 21.0. The van der Waals surface area contributed by atoms with Crippen LogP contribution in [-0.4, -0.2) is 49.1 Å². The Kier molecular flexibility index (Phi) is 4.84. The number of hydrogen-bond acceptors (Lipinski definition) is 5. The van der Waals surface area contributed by atoms with Crippen molar-refractivity contribution in [1.82, 2.24) is 19.8 Å². The van der Waals surface area contributed by atoms with Gasteiger partial charge in [-0.05, 0) is 34.9 Å². The molecule has 1 unspecified atom stereocenters. The summed E-state index contributed by atoms with van der Waals surface area (Å²) in [5, 5.41) is 12.5. The molecule has 4 heterocycles. The van der Waals surface area contributed by atoms with Gasteiger partial charge in [0.2, 0.25) is 11.8 Å². The van der Waals surface area contributed by atoms with Crippen LogP contribution in [0.15, 0.2) is 73.1 Å². The maximum Gasteiger partial charge on any atom is 0.269 e. The molecule has 4 aromatic rings. The number of non-ortho nitro benzene ring substituents is 1. The second-order valence-corrected chi connectivity index (χ2v) is 8.89. The van der Waals surface area contributed by atoms with Crippen molar-refractivity contribution in [1.29, 1.82) is 0 Å². The minimum atomic E-state index is -0.700. The predicted molar refractivity (Wildman–Crippen MR) is 127 cm³/mol. The lowest BCUT2D eigenvalue weighted by atomic mass is 9.86. The molecule has 0 radical (unpaired) electrons. The number of amides is 2. The highest BCUT2D eigenvalue weighted by atomic mass is 16.6. The number of nitro benzene ring substituents is 1. The normalized spacial score (nSPS) is 19.5. The Morgan fingerprint density at radius 3 is 2.66 bits per heavy atom. The molecule has 9 heteroatoms. The summed E-state index contributed by atoms with van der Waals surface area (Å²) in [6.07, 6.45) is 3.70. The number of benzene rings is 2. The number of nitrogens with zero attached hydrogens (tertiary/aromatic N) is 4. The van der Waals surface area contributed by atoms with E-state index in [0.29, 0.717) is 18.5 Å².